The third-order valence-electron chi connectivity index (χ3n) is 3.87. The summed E-state index contributed by atoms with van der Waals surface area (Å²) in [4.78, 5) is 11.2. The molecule has 2 aromatic rings. The minimum Gasteiger partial charge on any atom is -0.382 e. The fourth-order valence-electron chi connectivity index (χ4n) is 2.95. The second-order valence-corrected chi connectivity index (χ2v) is 6.72. The van der Waals surface area contributed by atoms with E-state index in [-0.39, 0.29) is 0 Å². The van der Waals surface area contributed by atoms with E-state index in [1.54, 1.807) is 12.3 Å². The Bertz CT molecular complexity index is 712. The molecule has 0 bridgehead atoms. The molecule has 5 nitrogen and oxygen atoms in total. The van der Waals surface area contributed by atoms with Crippen LogP contribution in [0.1, 0.15) is 13.8 Å². The third-order valence-corrected chi connectivity index (χ3v) is 4.69. The number of nitrogens with one attached hydrogen (secondary N) is 1. The summed E-state index contributed by atoms with van der Waals surface area (Å²) < 4.78 is 0. The fraction of sp³-hybridized carbons (Fsp3) is 0.375. The van der Waals surface area contributed by atoms with E-state index in [0.717, 1.165) is 18.9 Å². The van der Waals surface area contributed by atoms with Crippen LogP contribution in [0.25, 0.3) is 11.3 Å². The van der Waals surface area contributed by atoms with Crippen LogP contribution in [0.4, 0.5) is 11.6 Å². The van der Waals surface area contributed by atoms with Crippen molar-refractivity contribution < 1.29 is 0 Å². The van der Waals surface area contributed by atoms with Crippen molar-refractivity contribution in [2.75, 3.05) is 23.7 Å². The number of nitrogens with two attached hydrogens (primary N) is 1. The Hall–Kier alpha value is -1.56. The highest BCUT2D eigenvalue weighted by molar-refractivity contribution is 6.43. The van der Waals surface area contributed by atoms with Gasteiger partial charge in [-0.25, -0.2) is 9.97 Å². The Kier molecular flexibility index (Phi) is 4.62. The third kappa shape index (κ3) is 3.37. The first kappa shape index (κ1) is 16.3. The summed E-state index contributed by atoms with van der Waals surface area (Å²) in [7, 11) is 0. The summed E-state index contributed by atoms with van der Waals surface area (Å²) in [6, 6.07) is 6.17. The van der Waals surface area contributed by atoms with E-state index in [9.17, 15) is 0 Å². The highest BCUT2D eigenvalue weighted by Gasteiger charge is 2.23. The highest BCUT2D eigenvalue weighted by atomic mass is 35.5. The molecule has 1 saturated heterocycles. The Balaban J connectivity index is 1.93. The molecule has 1 fully saturated rings. The maximum Gasteiger partial charge on any atom is 0.152 e. The van der Waals surface area contributed by atoms with Crippen molar-refractivity contribution in [3.05, 3.63) is 34.4 Å². The van der Waals surface area contributed by atoms with E-state index in [1.165, 1.54) is 0 Å². The van der Waals surface area contributed by atoms with E-state index in [0.29, 0.717) is 39.2 Å². The standard InChI is InChI=1S/C16H19Cl2N5/c1-9-7-23(8-10(2)21-9)13-6-20-15(16(19)22-13)11-4-3-5-12(17)14(11)18/h3-6,9-10,21H,7-8H2,1-2H3,(H2,19,22)/t9-,10+. The van der Waals surface area contributed by atoms with Gasteiger partial charge in [0.25, 0.3) is 0 Å². The van der Waals surface area contributed by atoms with Crippen LogP contribution >= 0.6 is 23.2 Å². The molecule has 2 heterocycles. The molecule has 7 heteroatoms. The summed E-state index contributed by atoms with van der Waals surface area (Å²) >= 11 is 12.3. The number of anilines is 2. The number of hydrogen-bond donors (Lipinski definition) is 2. The van der Waals surface area contributed by atoms with E-state index in [1.807, 2.05) is 12.1 Å². The number of nitrogens with zero attached hydrogens (tertiary/aromatic N) is 3. The van der Waals surface area contributed by atoms with Crippen molar-refractivity contribution in [3.63, 3.8) is 0 Å². The molecule has 1 aliphatic rings. The Morgan fingerprint density at radius 2 is 1.91 bits per heavy atom. The summed E-state index contributed by atoms with van der Waals surface area (Å²) in [6.45, 7) is 6.05. The van der Waals surface area contributed by atoms with Gasteiger partial charge in [-0.3, -0.25) is 0 Å². The van der Waals surface area contributed by atoms with Crippen LogP contribution in [-0.4, -0.2) is 35.1 Å². The number of rotatable bonds is 2. The number of piperazine rings is 1. The van der Waals surface area contributed by atoms with Gasteiger partial charge in [0, 0.05) is 30.7 Å². The Labute approximate surface area is 145 Å². The van der Waals surface area contributed by atoms with Crippen LogP contribution in [0.15, 0.2) is 24.4 Å². The highest BCUT2D eigenvalue weighted by Crippen LogP contribution is 2.35. The molecule has 3 rings (SSSR count). The van der Waals surface area contributed by atoms with Gasteiger partial charge in [0.1, 0.15) is 11.5 Å². The predicted molar refractivity (Wildman–Crippen MR) is 96.2 cm³/mol. The topological polar surface area (TPSA) is 67.1 Å². The minimum absolute atomic E-state index is 0.352. The van der Waals surface area contributed by atoms with Crippen molar-refractivity contribution in [2.24, 2.45) is 0 Å². The first-order valence-corrected chi connectivity index (χ1v) is 8.29. The molecule has 1 aromatic heterocycles. The first-order chi connectivity index (χ1) is 11.0. The van der Waals surface area contributed by atoms with Gasteiger partial charge in [0.2, 0.25) is 0 Å². The molecular weight excluding hydrogens is 333 g/mol. The SMILES string of the molecule is C[C@@H]1CN(c2cnc(-c3cccc(Cl)c3Cl)c(N)n2)C[C@H](C)N1. The molecule has 0 saturated carbocycles. The lowest BCUT2D eigenvalue weighted by molar-refractivity contribution is 0.405. The van der Waals surface area contributed by atoms with Gasteiger partial charge in [0.05, 0.1) is 16.2 Å². The quantitative estimate of drug-likeness (QED) is 0.869. The van der Waals surface area contributed by atoms with Crippen molar-refractivity contribution in [1.82, 2.24) is 15.3 Å². The van der Waals surface area contributed by atoms with E-state index >= 15 is 0 Å². The lowest BCUT2D eigenvalue weighted by Gasteiger charge is -2.36. The average Bonchev–Trinajstić information content (AvgIpc) is 2.49. The number of benzene rings is 1. The lowest BCUT2D eigenvalue weighted by Crippen LogP contribution is -2.54. The summed E-state index contributed by atoms with van der Waals surface area (Å²) in [6.07, 6.45) is 1.74. The summed E-state index contributed by atoms with van der Waals surface area (Å²) in [5.74, 6) is 1.13. The molecule has 122 valence electrons. The van der Waals surface area contributed by atoms with Gasteiger partial charge >= 0.3 is 0 Å². The van der Waals surface area contributed by atoms with E-state index in [2.05, 4.69) is 34.0 Å². The maximum atomic E-state index is 6.25. The van der Waals surface area contributed by atoms with Crippen LogP contribution in [0.5, 0.6) is 0 Å². The van der Waals surface area contributed by atoms with Crippen LogP contribution in [0, 0.1) is 0 Å². The number of halogens is 2. The molecule has 1 aliphatic heterocycles. The van der Waals surface area contributed by atoms with Gasteiger partial charge in [-0.2, -0.15) is 0 Å². The van der Waals surface area contributed by atoms with Crippen molar-refractivity contribution >= 4 is 34.8 Å². The molecular formula is C16H19Cl2N5. The molecule has 1 aromatic carbocycles. The zero-order chi connectivity index (χ0) is 16.6. The van der Waals surface area contributed by atoms with Crippen LogP contribution in [-0.2, 0) is 0 Å². The number of hydrogen-bond acceptors (Lipinski definition) is 5. The largest absolute Gasteiger partial charge is 0.382 e. The Morgan fingerprint density at radius 3 is 2.57 bits per heavy atom. The molecule has 0 spiro atoms. The second kappa shape index (κ2) is 6.51. The van der Waals surface area contributed by atoms with Gasteiger partial charge in [0.15, 0.2) is 5.82 Å². The van der Waals surface area contributed by atoms with Crippen LogP contribution in [0.3, 0.4) is 0 Å². The fourth-order valence-corrected chi connectivity index (χ4v) is 3.34. The molecule has 0 aliphatic carbocycles. The molecule has 0 amide bonds. The molecule has 0 radical (unpaired) electrons. The monoisotopic (exact) mass is 351 g/mol. The van der Waals surface area contributed by atoms with Gasteiger partial charge in [-0.05, 0) is 19.9 Å². The van der Waals surface area contributed by atoms with Crippen LogP contribution in [0.2, 0.25) is 10.0 Å². The maximum absolute atomic E-state index is 6.25. The van der Waals surface area contributed by atoms with Crippen molar-refractivity contribution in [1.29, 1.82) is 0 Å². The number of nitrogen functional groups attached to an aromatic ring is 1. The molecule has 23 heavy (non-hydrogen) atoms. The van der Waals surface area contributed by atoms with E-state index in [4.69, 9.17) is 28.9 Å². The van der Waals surface area contributed by atoms with Crippen molar-refractivity contribution in [3.8, 4) is 11.3 Å². The second-order valence-electron chi connectivity index (χ2n) is 5.94. The normalized spacial score (nSPS) is 21.5. The number of aromatic nitrogens is 2. The first-order valence-electron chi connectivity index (χ1n) is 7.53. The minimum atomic E-state index is 0.352. The zero-order valence-corrected chi connectivity index (χ0v) is 14.6. The molecule has 2 atom stereocenters. The average molecular weight is 352 g/mol. The lowest BCUT2D eigenvalue weighted by atomic mass is 10.1. The smallest absolute Gasteiger partial charge is 0.152 e. The summed E-state index contributed by atoms with van der Waals surface area (Å²) in [5, 5.41) is 4.40. The van der Waals surface area contributed by atoms with E-state index < -0.39 is 0 Å². The predicted octanol–water partition coefficient (Wildman–Crippen LogP) is 3.22. The Morgan fingerprint density at radius 1 is 1.22 bits per heavy atom. The molecule has 0 unspecified atom stereocenters. The molecule has 3 N–H and O–H groups in total. The van der Waals surface area contributed by atoms with Gasteiger partial charge in [-0.15, -0.1) is 0 Å². The van der Waals surface area contributed by atoms with Crippen molar-refractivity contribution in [2.45, 2.75) is 25.9 Å². The van der Waals surface area contributed by atoms with Crippen LogP contribution < -0.4 is 16.0 Å². The van der Waals surface area contributed by atoms with Gasteiger partial charge in [-0.1, -0.05) is 35.3 Å². The summed E-state index contributed by atoms with van der Waals surface area (Å²) in [5.41, 5.74) is 7.38. The zero-order valence-electron chi connectivity index (χ0n) is 13.1. The van der Waals surface area contributed by atoms with Gasteiger partial charge < -0.3 is 16.0 Å².